The van der Waals surface area contributed by atoms with E-state index < -0.39 is 0 Å². The molecule has 1 saturated carbocycles. The summed E-state index contributed by atoms with van der Waals surface area (Å²) in [7, 11) is 1.75. The first-order valence-corrected chi connectivity index (χ1v) is 6.49. The maximum Gasteiger partial charge on any atom is 0.237 e. The molecule has 4 heteroatoms. The van der Waals surface area contributed by atoms with Gasteiger partial charge in [-0.15, -0.1) is 0 Å². The van der Waals surface area contributed by atoms with Crippen LogP contribution in [-0.4, -0.2) is 37.2 Å². The average Bonchev–Trinajstić information content (AvgIpc) is 2.81. The summed E-state index contributed by atoms with van der Waals surface area (Å²) in [6.07, 6.45) is 2.96. The van der Waals surface area contributed by atoms with Crippen molar-refractivity contribution in [2.75, 3.05) is 13.7 Å². The molecule has 3 atom stereocenters. The number of hydrogen-bond donors (Lipinski definition) is 2. The van der Waals surface area contributed by atoms with Crippen molar-refractivity contribution in [3.63, 3.8) is 0 Å². The Morgan fingerprint density at radius 3 is 2.59 bits per heavy atom. The highest BCUT2D eigenvalue weighted by Gasteiger charge is 2.58. The molecule has 1 amide bonds. The number of carbonyl (C=O) groups excluding carboxylic acids is 1. The fourth-order valence-corrected chi connectivity index (χ4v) is 2.90. The van der Waals surface area contributed by atoms with Crippen molar-refractivity contribution in [3.8, 4) is 0 Å². The minimum atomic E-state index is -0.117. The number of amides is 1. The van der Waals surface area contributed by atoms with E-state index in [1.54, 1.807) is 7.11 Å². The minimum Gasteiger partial charge on any atom is -0.378 e. The Hall–Kier alpha value is -0.610. The number of carbonyl (C=O) groups is 1. The van der Waals surface area contributed by atoms with Crippen molar-refractivity contribution in [3.05, 3.63) is 0 Å². The monoisotopic (exact) mass is 240 g/mol. The molecule has 0 aromatic heterocycles. The zero-order valence-electron chi connectivity index (χ0n) is 11.3. The van der Waals surface area contributed by atoms with Gasteiger partial charge in [-0.3, -0.25) is 4.79 Å². The van der Waals surface area contributed by atoms with Crippen molar-refractivity contribution < 1.29 is 9.53 Å². The van der Waals surface area contributed by atoms with Crippen molar-refractivity contribution in [2.45, 2.75) is 57.7 Å². The lowest BCUT2D eigenvalue weighted by Gasteiger charge is -2.59. The van der Waals surface area contributed by atoms with Gasteiger partial charge in [-0.25, -0.2) is 0 Å². The van der Waals surface area contributed by atoms with Crippen molar-refractivity contribution in [1.29, 1.82) is 0 Å². The summed E-state index contributed by atoms with van der Waals surface area (Å²) in [6, 6.07) is 0.238. The van der Waals surface area contributed by atoms with Crippen LogP contribution in [0.4, 0.5) is 0 Å². The van der Waals surface area contributed by atoms with Gasteiger partial charge < -0.3 is 15.4 Å². The van der Waals surface area contributed by atoms with Crippen molar-refractivity contribution >= 4 is 5.91 Å². The normalized spacial score (nSPS) is 39.8. The molecule has 0 radical (unpaired) electrons. The number of rotatable bonds is 3. The summed E-state index contributed by atoms with van der Waals surface area (Å²) in [4.78, 5) is 12.0. The fraction of sp³-hybridized carbons (Fsp3) is 0.923. The van der Waals surface area contributed by atoms with Gasteiger partial charge in [0.2, 0.25) is 5.91 Å². The largest absolute Gasteiger partial charge is 0.378 e. The van der Waals surface area contributed by atoms with Gasteiger partial charge in [0, 0.05) is 18.6 Å². The fourth-order valence-electron chi connectivity index (χ4n) is 2.90. The smallest absolute Gasteiger partial charge is 0.237 e. The van der Waals surface area contributed by atoms with Crippen LogP contribution in [0.3, 0.4) is 0 Å². The number of hydrogen-bond acceptors (Lipinski definition) is 3. The first-order valence-electron chi connectivity index (χ1n) is 6.49. The Bertz CT molecular complexity index is 311. The molecule has 0 aromatic carbocycles. The lowest BCUT2D eigenvalue weighted by Crippen LogP contribution is -2.69. The van der Waals surface area contributed by atoms with E-state index in [2.05, 4.69) is 31.4 Å². The van der Waals surface area contributed by atoms with Gasteiger partial charge in [0.1, 0.15) is 0 Å². The highest BCUT2D eigenvalue weighted by atomic mass is 16.5. The van der Waals surface area contributed by atoms with E-state index in [9.17, 15) is 4.79 Å². The van der Waals surface area contributed by atoms with Crippen LogP contribution in [0, 0.1) is 5.41 Å². The first-order chi connectivity index (χ1) is 7.90. The van der Waals surface area contributed by atoms with E-state index in [4.69, 9.17) is 4.74 Å². The Labute approximate surface area is 103 Å². The SMILES string of the molecule is CO[C@]1(C)C[C@H](NC(=O)[C@@H]2CCCN2)C1(C)C. The van der Waals surface area contributed by atoms with Crippen LogP contribution in [-0.2, 0) is 9.53 Å². The van der Waals surface area contributed by atoms with Crippen LogP contribution >= 0.6 is 0 Å². The van der Waals surface area contributed by atoms with Gasteiger partial charge in [-0.1, -0.05) is 13.8 Å². The molecule has 98 valence electrons. The molecule has 1 heterocycles. The van der Waals surface area contributed by atoms with Crippen LogP contribution in [0.1, 0.15) is 40.0 Å². The zero-order valence-corrected chi connectivity index (χ0v) is 11.3. The third kappa shape index (κ3) is 1.97. The molecule has 1 saturated heterocycles. The molecular formula is C13H24N2O2. The van der Waals surface area contributed by atoms with Gasteiger partial charge >= 0.3 is 0 Å². The third-order valence-electron chi connectivity index (χ3n) is 4.97. The molecule has 0 unspecified atom stereocenters. The second kappa shape index (κ2) is 4.25. The van der Waals surface area contributed by atoms with Crippen molar-refractivity contribution in [1.82, 2.24) is 10.6 Å². The quantitative estimate of drug-likeness (QED) is 0.775. The van der Waals surface area contributed by atoms with Crippen LogP contribution in [0.5, 0.6) is 0 Å². The Morgan fingerprint density at radius 1 is 1.41 bits per heavy atom. The van der Waals surface area contributed by atoms with E-state index in [0.29, 0.717) is 0 Å². The topological polar surface area (TPSA) is 50.4 Å². The lowest BCUT2D eigenvalue weighted by atomic mass is 9.56. The maximum absolute atomic E-state index is 12.0. The molecule has 2 aliphatic rings. The van der Waals surface area contributed by atoms with Gasteiger partial charge in [0.25, 0.3) is 0 Å². The predicted molar refractivity (Wildman–Crippen MR) is 66.8 cm³/mol. The first kappa shape index (κ1) is 12.8. The number of ether oxygens (including phenoxy) is 1. The Kier molecular flexibility index (Phi) is 3.21. The standard InChI is InChI=1S/C13H24N2O2/c1-12(2)10(8-13(12,3)17-4)15-11(16)9-6-5-7-14-9/h9-10,14H,5-8H2,1-4H3,(H,15,16)/t9-,10-,13+/m0/s1. The minimum absolute atomic E-state index is 0.00395. The van der Waals surface area contributed by atoms with Crippen molar-refractivity contribution in [2.24, 2.45) is 5.41 Å². The second-order valence-electron chi connectivity index (χ2n) is 6.07. The summed E-state index contributed by atoms with van der Waals surface area (Å²) in [6.45, 7) is 7.39. The van der Waals surface area contributed by atoms with Crippen LogP contribution in [0.15, 0.2) is 0 Å². The van der Waals surface area contributed by atoms with Gasteiger partial charge in [0.05, 0.1) is 11.6 Å². The molecule has 0 aromatic rings. The molecule has 1 aliphatic heterocycles. The van der Waals surface area contributed by atoms with Crippen LogP contribution in [0.25, 0.3) is 0 Å². The van der Waals surface area contributed by atoms with Gasteiger partial charge in [0.15, 0.2) is 0 Å². The Balaban J connectivity index is 1.91. The highest BCUT2D eigenvalue weighted by Crippen LogP contribution is 2.51. The molecule has 17 heavy (non-hydrogen) atoms. The van der Waals surface area contributed by atoms with E-state index in [1.807, 2.05) is 0 Å². The number of nitrogens with one attached hydrogen (secondary N) is 2. The summed E-state index contributed by atoms with van der Waals surface area (Å²) < 4.78 is 5.56. The summed E-state index contributed by atoms with van der Waals surface area (Å²) in [5.74, 6) is 0.152. The molecule has 2 N–H and O–H groups in total. The molecule has 1 aliphatic carbocycles. The highest BCUT2D eigenvalue weighted by molar-refractivity contribution is 5.82. The van der Waals surface area contributed by atoms with E-state index in [0.717, 1.165) is 25.8 Å². The second-order valence-corrected chi connectivity index (χ2v) is 6.07. The van der Waals surface area contributed by atoms with Gasteiger partial charge in [-0.2, -0.15) is 0 Å². The molecular weight excluding hydrogens is 216 g/mol. The molecule has 0 spiro atoms. The third-order valence-corrected chi connectivity index (χ3v) is 4.97. The van der Waals surface area contributed by atoms with Crippen LogP contribution < -0.4 is 10.6 Å². The van der Waals surface area contributed by atoms with E-state index >= 15 is 0 Å². The molecule has 0 bridgehead atoms. The number of methoxy groups -OCH3 is 1. The van der Waals surface area contributed by atoms with E-state index in [1.165, 1.54) is 0 Å². The molecule has 4 nitrogen and oxygen atoms in total. The average molecular weight is 240 g/mol. The summed E-state index contributed by atoms with van der Waals surface area (Å²) in [5.41, 5.74) is -0.121. The zero-order chi connectivity index (χ0) is 12.7. The summed E-state index contributed by atoms with van der Waals surface area (Å²) in [5, 5.41) is 6.39. The lowest BCUT2D eigenvalue weighted by molar-refractivity contribution is -0.182. The molecule has 2 fully saturated rings. The van der Waals surface area contributed by atoms with E-state index in [-0.39, 0.29) is 29.0 Å². The van der Waals surface area contributed by atoms with Crippen LogP contribution in [0.2, 0.25) is 0 Å². The Morgan fingerprint density at radius 2 is 2.12 bits per heavy atom. The van der Waals surface area contributed by atoms with Gasteiger partial charge in [-0.05, 0) is 32.7 Å². The molecule has 2 rings (SSSR count). The summed E-state index contributed by atoms with van der Waals surface area (Å²) >= 11 is 0. The predicted octanol–water partition coefficient (Wildman–Crippen LogP) is 1.06. The maximum atomic E-state index is 12.0.